The molecule has 3 N–H and O–H groups in total. The van der Waals surface area contributed by atoms with Crippen molar-refractivity contribution in [1.29, 1.82) is 0 Å². The minimum Gasteiger partial charge on any atom is -0.345 e. The second-order valence-electron chi connectivity index (χ2n) is 6.42. The molecule has 1 saturated carbocycles. The molecule has 1 fully saturated rings. The molecule has 1 heterocycles. The molecule has 0 amide bonds. The van der Waals surface area contributed by atoms with Crippen molar-refractivity contribution in [2.45, 2.75) is 64.3 Å². The zero-order valence-electron chi connectivity index (χ0n) is 10.9. The number of aromatic nitrogens is 2. The quantitative estimate of drug-likeness (QED) is 0.783. The molecule has 1 aromatic heterocycles. The number of nitrogens with zero attached hydrogens (tertiary/aromatic N) is 1. The van der Waals surface area contributed by atoms with Gasteiger partial charge in [0.15, 0.2) is 0 Å². The van der Waals surface area contributed by atoms with Gasteiger partial charge in [0, 0.05) is 17.7 Å². The summed E-state index contributed by atoms with van der Waals surface area (Å²) in [6.45, 7) is 4.73. The Morgan fingerprint density at radius 3 is 2.76 bits per heavy atom. The molecule has 3 rings (SSSR count). The van der Waals surface area contributed by atoms with Gasteiger partial charge in [0.05, 0.1) is 5.69 Å². The van der Waals surface area contributed by atoms with Crippen LogP contribution in [0.1, 0.15) is 75.1 Å². The van der Waals surface area contributed by atoms with E-state index < -0.39 is 0 Å². The maximum Gasteiger partial charge on any atom is 0.110 e. The average molecular weight is 233 g/mol. The summed E-state index contributed by atoms with van der Waals surface area (Å²) in [6, 6.07) is 0.160. The molecule has 0 bridgehead atoms. The SMILES string of the molecule is CC1(C)CCCC1c1nc2c([nH]1)CCCC2N. The summed E-state index contributed by atoms with van der Waals surface area (Å²) in [5.74, 6) is 1.80. The highest BCUT2D eigenvalue weighted by molar-refractivity contribution is 5.23. The van der Waals surface area contributed by atoms with Crippen LogP contribution in [0.5, 0.6) is 0 Å². The van der Waals surface area contributed by atoms with Crippen molar-refractivity contribution in [3.63, 3.8) is 0 Å². The Morgan fingerprint density at radius 1 is 1.29 bits per heavy atom. The Bertz CT molecular complexity index is 419. The molecule has 2 atom stereocenters. The topological polar surface area (TPSA) is 54.7 Å². The van der Waals surface area contributed by atoms with Crippen LogP contribution in [0.25, 0.3) is 0 Å². The third kappa shape index (κ3) is 1.81. The van der Waals surface area contributed by atoms with Gasteiger partial charge in [-0.25, -0.2) is 4.98 Å². The van der Waals surface area contributed by atoms with E-state index in [9.17, 15) is 0 Å². The number of rotatable bonds is 1. The van der Waals surface area contributed by atoms with E-state index in [-0.39, 0.29) is 6.04 Å². The van der Waals surface area contributed by atoms with Crippen molar-refractivity contribution in [1.82, 2.24) is 9.97 Å². The molecule has 1 aromatic rings. The summed E-state index contributed by atoms with van der Waals surface area (Å²) in [7, 11) is 0. The van der Waals surface area contributed by atoms with E-state index in [0.717, 1.165) is 18.5 Å². The van der Waals surface area contributed by atoms with Crippen LogP contribution in [0.4, 0.5) is 0 Å². The molecular formula is C14H23N3. The van der Waals surface area contributed by atoms with Gasteiger partial charge in [-0.3, -0.25) is 0 Å². The second-order valence-corrected chi connectivity index (χ2v) is 6.42. The molecular weight excluding hydrogens is 210 g/mol. The monoisotopic (exact) mass is 233 g/mol. The molecule has 0 radical (unpaired) electrons. The van der Waals surface area contributed by atoms with Crippen LogP contribution >= 0.6 is 0 Å². The number of H-pyrrole nitrogens is 1. The highest BCUT2D eigenvalue weighted by atomic mass is 15.0. The van der Waals surface area contributed by atoms with Crippen LogP contribution in [-0.2, 0) is 6.42 Å². The number of hydrogen-bond acceptors (Lipinski definition) is 2. The molecule has 2 unspecified atom stereocenters. The summed E-state index contributed by atoms with van der Waals surface area (Å²) in [5.41, 5.74) is 8.99. The van der Waals surface area contributed by atoms with E-state index in [1.165, 1.54) is 37.2 Å². The maximum absolute atomic E-state index is 6.14. The molecule has 0 spiro atoms. The molecule has 2 aliphatic carbocycles. The first kappa shape index (κ1) is 11.3. The largest absolute Gasteiger partial charge is 0.345 e. The minimum atomic E-state index is 0.160. The molecule has 2 aliphatic rings. The second kappa shape index (κ2) is 3.84. The van der Waals surface area contributed by atoms with Gasteiger partial charge in [0.2, 0.25) is 0 Å². The third-order valence-electron chi connectivity index (χ3n) is 4.71. The first-order valence-corrected chi connectivity index (χ1v) is 6.92. The minimum absolute atomic E-state index is 0.160. The molecule has 94 valence electrons. The van der Waals surface area contributed by atoms with Gasteiger partial charge in [-0.1, -0.05) is 20.3 Å². The van der Waals surface area contributed by atoms with Crippen LogP contribution in [0.15, 0.2) is 0 Å². The van der Waals surface area contributed by atoms with E-state index in [1.807, 2.05) is 0 Å². The number of imidazole rings is 1. The fourth-order valence-corrected chi connectivity index (χ4v) is 3.58. The van der Waals surface area contributed by atoms with Gasteiger partial charge in [0.25, 0.3) is 0 Å². The zero-order valence-corrected chi connectivity index (χ0v) is 10.9. The van der Waals surface area contributed by atoms with E-state index in [2.05, 4.69) is 18.8 Å². The molecule has 3 nitrogen and oxygen atoms in total. The Kier molecular flexibility index (Phi) is 2.54. The zero-order chi connectivity index (χ0) is 12.0. The number of aromatic amines is 1. The van der Waals surface area contributed by atoms with Crippen LogP contribution in [0.2, 0.25) is 0 Å². The van der Waals surface area contributed by atoms with Crippen LogP contribution < -0.4 is 5.73 Å². The standard InChI is InChI=1S/C14H23N3/c1-14(2)8-4-5-9(14)13-16-11-7-3-6-10(15)12(11)17-13/h9-10H,3-8,15H2,1-2H3,(H,16,17). The summed E-state index contributed by atoms with van der Waals surface area (Å²) >= 11 is 0. The molecule has 0 aliphatic heterocycles. The van der Waals surface area contributed by atoms with Crippen molar-refractivity contribution in [2.24, 2.45) is 11.1 Å². The van der Waals surface area contributed by atoms with E-state index in [4.69, 9.17) is 10.7 Å². The Labute approximate surface area is 103 Å². The lowest BCUT2D eigenvalue weighted by molar-refractivity contribution is 0.323. The van der Waals surface area contributed by atoms with Crippen LogP contribution in [-0.4, -0.2) is 9.97 Å². The number of aryl methyl sites for hydroxylation is 1. The van der Waals surface area contributed by atoms with Crippen molar-refractivity contribution < 1.29 is 0 Å². The third-order valence-corrected chi connectivity index (χ3v) is 4.71. The van der Waals surface area contributed by atoms with Crippen molar-refractivity contribution in [3.05, 3.63) is 17.2 Å². The van der Waals surface area contributed by atoms with E-state index >= 15 is 0 Å². The number of fused-ring (bicyclic) bond motifs is 1. The molecule has 0 saturated heterocycles. The maximum atomic E-state index is 6.14. The van der Waals surface area contributed by atoms with Crippen molar-refractivity contribution >= 4 is 0 Å². The highest BCUT2D eigenvalue weighted by Crippen LogP contribution is 2.48. The van der Waals surface area contributed by atoms with Gasteiger partial charge in [-0.05, 0) is 37.5 Å². The van der Waals surface area contributed by atoms with E-state index in [1.54, 1.807) is 0 Å². The lowest BCUT2D eigenvalue weighted by atomic mass is 9.81. The van der Waals surface area contributed by atoms with Gasteiger partial charge >= 0.3 is 0 Å². The average Bonchev–Trinajstić information content (AvgIpc) is 2.81. The Hall–Kier alpha value is -0.830. The van der Waals surface area contributed by atoms with Crippen LogP contribution in [0.3, 0.4) is 0 Å². The van der Waals surface area contributed by atoms with Gasteiger partial charge < -0.3 is 10.7 Å². The summed E-state index contributed by atoms with van der Waals surface area (Å²) in [5, 5.41) is 0. The Balaban J connectivity index is 1.94. The lowest BCUT2D eigenvalue weighted by Crippen LogP contribution is -2.18. The number of hydrogen-bond donors (Lipinski definition) is 2. The van der Waals surface area contributed by atoms with Gasteiger partial charge in [-0.15, -0.1) is 0 Å². The normalized spacial score (nSPS) is 31.5. The summed E-state index contributed by atoms with van der Waals surface area (Å²) < 4.78 is 0. The van der Waals surface area contributed by atoms with Gasteiger partial charge in [0.1, 0.15) is 5.82 Å². The summed E-state index contributed by atoms with van der Waals surface area (Å²) in [4.78, 5) is 8.40. The highest BCUT2D eigenvalue weighted by Gasteiger charge is 2.38. The smallest absolute Gasteiger partial charge is 0.110 e. The molecule has 0 aromatic carbocycles. The first-order chi connectivity index (χ1) is 8.08. The van der Waals surface area contributed by atoms with Crippen LogP contribution in [0, 0.1) is 5.41 Å². The van der Waals surface area contributed by atoms with Crippen molar-refractivity contribution in [2.75, 3.05) is 0 Å². The first-order valence-electron chi connectivity index (χ1n) is 6.92. The van der Waals surface area contributed by atoms with Crippen molar-refractivity contribution in [3.8, 4) is 0 Å². The number of nitrogens with two attached hydrogens (primary N) is 1. The van der Waals surface area contributed by atoms with Gasteiger partial charge in [-0.2, -0.15) is 0 Å². The lowest BCUT2D eigenvalue weighted by Gasteiger charge is -2.25. The van der Waals surface area contributed by atoms with E-state index in [0.29, 0.717) is 11.3 Å². The summed E-state index contributed by atoms with van der Waals surface area (Å²) in [6.07, 6.45) is 7.33. The molecule has 17 heavy (non-hydrogen) atoms. The fraction of sp³-hybridized carbons (Fsp3) is 0.786. The predicted molar refractivity (Wildman–Crippen MR) is 68.8 cm³/mol. The number of nitrogens with one attached hydrogen (secondary N) is 1. The Morgan fingerprint density at radius 2 is 2.12 bits per heavy atom. The predicted octanol–water partition coefficient (Wildman–Crippen LogP) is 3.04. The fourth-order valence-electron chi connectivity index (χ4n) is 3.58. The molecule has 3 heteroatoms.